The third-order valence-corrected chi connectivity index (χ3v) is 4.31. The van der Waals surface area contributed by atoms with Crippen LogP contribution < -0.4 is 0 Å². The summed E-state index contributed by atoms with van der Waals surface area (Å²) in [7, 11) is -4.39. The lowest BCUT2D eigenvalue weighted by Gasteiger charge is -2.03. The molecule has 0 saturated carbocycles. The van der Waals surface area contributed by atoms with Crippen molar-refractivity contribution in [2.45, 2.75) is 4.90 Å². The summed E-state index contributed by atoms with van der Waals surface area (Å²) in [5.74, 6) is -2.02. The second-order valence-electron chi connectivity index (χ2n) is 5.24. The second-order valence-corrected chi connectivity index (χ2v) is 6.66. The van der Waals surface area contributed by atoms with E-state index in [0.717, 1.165) is 16.8 Å². The molecule has 0 unspecified atom stereocenters. The Hall–Kier alpha value is -3.57. The summed E-state index contributed by atoms with van der Waals surface area (Å²) in [5.41, 5.74) is -0.293. The third kappa shape index (κ3) is 3.83. The summed E-state index contributed by atoms with van der Waals surface area (Å²) in [6.07, 6.45) is 0. The Morgan fingerprint density at radius 3 is 2.19 bits per heavy atom. The van der Waals surface area contributed by atoms with Crippen LogP contribution in [0.25, 0.3) is 5.69 Å². The zero-order valence-electron chi connectivity index (χ0n) is 13.5. The van der Waals surface area contributed by atoms with E-state index in [9.17, 15) is 23.4 Å². The second kappa shape index (κ2) is 6.97. The first kappa shape index (κ1) is 18.2. The van der Waals surface area contributed by atoms with Gasteiger partial charge in [-0.05, 0) is 36.4 Å². The highest BCUT2D eigenvalue weighted by Gasteiger charge is 2.24. The summed E-state index contributed by atoms with van der Waals surface area (Å²) in [4.78, 5) is 11.1. The van der Waals surface area contributed by atoms with Crippen LogP contribution in [0.15, 0.2) is 69.7 Å². The van der Waals surface area contributed by atoms with Gasteiger partial charge in [-0.25, -0.2) is 4.79 Å². The molecular weight excluding hydrogens is 376 g/mol. The molecular formula is C16H12N4O6S. The van der Waals surface area contributed by atoms with E-state index >= 15 is 0 Å². The molecule has 10 nitrogen and oxygen atoms in total. The van der Waals surface area contributed by atoms with E-state index in [0.29, 0.717) is 5.69 Å². The molecule has 1 heterocycles. The first-order valence-electron chi connectivity index (χ1n) is 7.37. The van der Waals surface area contributed by atoms with Gasteiger partial charge in [0, 0.05) is 0 Å². The molecule has 0 fully saturated rings. The number of hydrogen-bond acceptors (Lipinski definition) is 7. The molecule has 27 heavy (non-hydrogen) atoms. The molecule has 3 aromatic rings. The Bertz CT molecular complexity index is 1120. The fourth-order valence-electron chi connectivity index (χ4n) is 2.18. The number of azo groups is 1. The standard InChI is InChI=1S/C16H12N4O6S/c21-15-13(18-17-10-4-2-1-3-5-10)14(16(22)23)19-20(15)11-6-8-12(9-7-11)27(24,25)26/h1-9,21H,(H,22,23)(H,24,25,26). The summed E-state index contributed by atoms with van der Waals surface area (Å²) in [6.45, 7) is 0. The van der Waals surface area contributed by atoms with Gasteiger partial charge >= 0.3 is 5.97 Å². The van der Waals surface area contributed by atoms with Crippen LogP contribution in [0.4, 0.5) is 11.4 Å². The van der Waals surface area contributed by atoms with E-state index in [1.54, 1.807) is 30.3 Å². The van der Waals surface area contributed by atoms with Crippen molar-refractivity contribution in [1.29, 1.82) is 0 Å². The van der Waals surface area contributed by atoms with Crippen LogP contribution in [-0.2, 0) is 10.1 Å². The van der Waals surface area contributed by atoms with Gasteiger partial charge in [0.2, 0.25) is 11.6 Å². The number of hydrogen-bond donors (Lipinski definition) is 3. The number of carboxylic acids is 1. The van der Waals surface area contributed by atoms with Crippen LogP contribution in [-0.4, -0.2) is 38.9 Å². The Morgan fingerprint density at radius 2 is 1.63 bits per heavy atom. The number of rotatable bonds is 5. The average molecular weight is 388 g/mol. The number of aromatic hydroxyl groups is 1. The molecule has 0 saturated heterocycles. The Kier molecular flexibility index (Phi) is 4.71. The summed E-state index contributed by atoms with van der Waals surface area (Å²) >= 11 is 0. The van der Waals surface area contributed by atoms with Crippen molar-refractivity contribution in [3.05, 3.63) is 60.3 Å². The van der Waals surface area contributed by atoms with Crippen molar-refractivity contribution >= 4 is 27.5 Å². The number of benzene rings is 2. The Morgan fingerprint density at radius 1 is 1.00 bits per heavy atom. The lowest BCUT2D eigenvalue weighted by atomic mass is 10.3. The monoisotopic (exact) mass is 388 g/mol. The smallest absolute Gasteiger partial charge is 0.358 e. The minimum Gasteiger partial charge on any atom is -0.492 e. The molecule has 0 radical (unpaired) electrons. The topological polar surface area (TPSA) is 154 Å². The minimum absolute atomic E-state index is 0.156. The molecule has 0 aliphatic rings. The van der Waals surface area contributed by atoms with Crippen LogP contribution >= 0.6 is 0 Å². The molecule has 0 aliphatic heterocycles. The van der Waals surface area contributed by atoms with Gasteiger partial charge in [0.05, 0.1) is 16.3 Å². The molecule has 0 bridgehead atoms. The lowest BCUT2D eigenvalue weighted by molar-refractivity contribution is 0.0690. The quantitative estimate of drug-likeness (QED) is 0.448. The first-order chi connectivity index (χ1) is 12.8. The molecule has 0 atom stereocenters. The number of carbonyl (C=O) groups is 1. The zero-order valence-corrected chi connectivity index (χ0v) is 14.3. The molecule has 0 amide bonds. The van der Waals surface area contributed by atoms with Crippen LogP contribution in [0.1, 0.15) is 10.5 Å². The summed E-state index contributed by atoms with van der Waals surface area (Å²) < 4.78 is 32.1. The van der Waals surface area contributed by atoms with E-state index < -0.39 is 27.7 Å². The highest BCUT2D eigenvalue weighted by Crippen LogP contribution is 2.34. The molecule has 3 N–H and O–H groups in total. The molecule has 0 aliphatic carbocycles. The maximum atomic E-state index is 11.4. The molecule has 2 aromatic carbocycles. The molecule has 0 spiro atoms. The van der Waals surface area contributed by atoms with Gasteiger partial charge < -0.3 is 10.2 Å². The SMILES string of the molecule is O=C(O)c1nn(-c2ccc(S(=O)(=O)O)cc2)c(O)c1N=Nc1ccccc1. The number of nitrogens with zero attached hydrogens (tertiary/aromatic N) is 4. The Balaban J connectivity index is 2.05. The predicted molar refractivity (Wildman–Crippen MR) is 92.6 cm³/mol. The van der Waals surface area contributed by atoms with Crippen molar-refractivity contribution in [2.75, 3.05) is 0 Å². The number of aromatic nitrogens is 2. The van der Waals surface area contributed by atoms with E-state index in [-0.39, 0.29) is 16.3 Å². The largest absolute Gasteiger partial charge is 0.492 e. The summed E-state index contributed by atoms with van der Waals surface area (Å²) in [6, 6.07) is 13.1. The third-order valence-electron chi connectivity index (χ3n) is 3.44. The summed E-state index contributed by atoms with van der Waals surface area (Å²) in [5, 5.41) is 31.1. The highest BCUT2D eigenvalue weighted by molar-refractivity contribution is 7.85. The molecule has 1 aromatic heterocycles. The van der Waals surface area contributed by atoms with E-state index in [4.69, 9.17) is 4.55 Å². The highest BCUT2D eigenvalue weighted by atomic mass is 32.2. The van der Waals surface area contributed by atoms with E-state index in [1.165, 1.54) is 12.1 Å². The van der Waals surface area contributed by atoms with Gasteiger partial charge in [-0.2, -0.15) is 23.3 Å². The molecule has 11 heteroatoms. The van der Waals surface area contributed by atoms with Gasteiger partial charge in [0.15, 0.2) is 5.69 Å². The Labute approximate surface area is 152 Å². The van der Waals surface area contributed by atoms with Gasteiger partial charge in [0.25, 0.3) is 10.1 Å². The van der Waals surface area contributed by atoms with Gasteiger partial charge in [-0.1, -0.05) is 18.2 Å². The zero-order chi connectivity index (χ0) is 19.6. The fourth-order valence-corrected chi connectivity index (χ4v) is 2.66. The van der Waals surface area contributed by atoms with E-state index in [2.05, 4.69) is 15.3 Å². The van der Waals surface area contributed by atoms with Crippen molar-refractivity contribution < 1.29 is 28.0 Å². The molecule has 138 valence electrons. The first-order valence-corrected chi connectivity index (χ1v) is 8.81. The van der Waals surface area contributed by atoms with Crippen molar-refractivity contribution in [1.82, 2.24) is 9.78 Å². The minimum atomic E-state index is -4.39. The van der Waals surface area contributed by atoms with Crippen LogP contribution in [0.2, 0.25) is 0 Å². The number of carboxylic acid groups (broad SMARTS) is 1. The van der Waals surface area contributed by atoms with Gasteiger partial charge in [-0.3, -0.25) is 4.55 Å². The fraction of sp³-hybridized carbons (Fsp3) is 0. The van der Waals surface area contributed by atoms with Crippen molar-refractivity contribution in [3.63, 3.8) is 0 Å². The predicted octanol–water partition coefficient (Wildman–Crippen LogP) is 2.94. The van der Waals surface area contributed by atoms with Crippen LogP contribution in [0, 0.1) is 0 Å². The van der Waals surface area contributed by atoms with Crippen molar-refractivity contribution in [3.8, 4) is 11.6 Å². The van der Waals surface area contributed by atoms with Crippen LogP contribution in [0.5, 0.6) is 5.88 Å². The van der Waals surface area contributed by atoms with Gasteiger partial charge in [-0.15, -0.1) is 5.11 Å². The van der Waals surface area contributed by atoms with Crippen LogP contribution in [0.3, 0.4) is 0 Å². The average Bonchev–Trinajstić information content (AvgIpc) is 2.97. The lowest BCUT2D eigenvalue weighted by Crippen LogP contribution is -2.02. The van der Waals surface area contributed by atoms with Crippen molar-refractivity contribution in [2.24, 2.45) is 10.2 Å². The maximum Gasteiger partial charge on any atom is 0.358 e. The normalized spacial score (nSPS) is 11.7. The maximum absolute atomic E-state index is 11.4. The molecule has 3 rings (SSSR count). The number of aromatic carboxylic acids is 1. The van der Waals surface area contributed by atoms with Gasteiger partial charge in [0.1, 0.15) is 0 Å². The van der Waals surface area contributed by atoms with E-state index in [1.807, 2.05) is 0 Å².